The third-order valence-electron chi connectivity index (χ3n) is 5.55. The predicted molar refractivity (Wildman–Crippen MR) is 123 cm³/mol. The van der Waals surface area contributed by atoms with Crippen molar-refractivity contribution in [1.29, 1.82) is 0 Å². The van der Waals surface area contributed by atoms with E-state index in [9.17, 15) is 18.4 Å². The van der Waals surface area contributed by atoms with Crippen LogP contribution in [0.25, 0.3) is 5.57 Å². The Morgan fingerprint density at radius 2 is 1.67 bits per heavy atom. The highest BCUT2D eigenvalue weighted by Gasteiger charge is 2.41. The van der Waals surface area contributed by atoms with Crippen molar-refractivity contribution in [2.24, 2.45) is 0 Å². The van der Waals surface area contributed by atoms with Crippen LogP contribution >= 0.6 is 0 Å². The van der Waals surface area contributed by atoms with Gasteiger partial charge in [-0.15, -0.1) is 0 Å². The number of hydrogen-bond donors (Lipinski definition) is 1. The van der Waals surface area contributed by atoms with Gasteiger partial charge < -0.3 is 10.1 Å². The third-order valence-corrected chi connectivity index (χ3v) is 5.55. The zero-order valence-corrected chi connectivity index (χ0v) is 18.4. The Labute approximate surface area is 190 Å². The minimum atomic E-state index is -0.878. The van der Waals surface area contributed by atoms with Crippen LogP contribution in [0.2, 0.25) is 0 Å². The van der Waals surface area contributed by atoms with Gasteiger partial charge in [-0.2, -0.15) is 0 Å². The molecule has 1 aliphatic rings. The lowest BCUT2D eigenvalue weighted by atomic mass is 10.0. The van der Waals surface area contributed by atoms with Crippen LogP contribution in [-0.2, 0) is 9.59 Å². The molecular weight excluding hydrogens is 426 g/mol. The van der Waals surface area contributed by atoms with Gasteiger partial charge in [-0.3, -0.25) is 9.59 Å². The monoisotopic (exact) mass is 448 g/mol. The number of rotatable bonds is 6. The molecule has 5 nitrogen and oxygen atoms in total. The number of imide groups is 1. The molecular formula is C26H22F2N2O3. The van der Waals surface area contributed by atoms with E-state index >= 15 is 0 Å². The summed E-state index contributed by atoms with van der Waals surface area (Å²) in [5, 5.41) is 3.07. The second-order valence-electron chi connectivity index (χ2n) is 7.62. The minimum absolute atomic E-state index is 0.0125. The Morgan fingerprint density at radius 1 is 0.939 bits per heavy atom. The van der Waals surface area contributed by atoms with Gasteiger partial charge in [0, 0.05) is 11.8 Å². The van der Waals surface area contributed by atoms with Crippen molar-refractivity contribution in [3.05, 3.63) is 94.7 Å². The molecule has 3 aromatic rings. The van der Waals surface area contributed by atoms with Gasteiger partial charge in [0.2, 0.25) is 0 Å². The molecule has 1 heterocycles. The van der Waals surface area contributed by atoms with E-state index in [1.807, 2.05) is 32.9 Å². The van der Waals surface area contributed by atoms with Crippen LogP contribution in [0.1, 0.15) is 23.6 Å². The zero-order chi connectivity index (χ0) is 23.7. The highest BCUT2D eigenvalue weighted by atomic mass is 19.1. The number of hydrogen-bond acceptors (Lipinski definition) is 4. The average molecular weight is 448 g/mol. The molecule has 7 heteroatoms. The largest absolute Gasteiger partial charge is 0.494 e. The summed E-state index contributed by atoms with van der Waals surface area (Å²) in [7, 11) is 0. The summed E-state index contributed by atoms with van der Waals surface area (Å²) in [6, 6.07) is 14.9. The van der Waals surface area contributed by atoms with Crippen LogP contribution in [0.4, 0.5) is 20.2 Å². The van der Waals surface area contributed by atoms with E-state index in [1.54, 1.807) is 30.3 Å². The normalized spacial score (nSPS) is 13.7. The summed E-state index contributed by atoms with van der Waals surface area (Å²) in [6.45, 7) is 6.15. The highest BCUT2D eigenvalue weighted by molar-refractivity contribution is 6.46. The number of anilines is 2. The molecule has 0 radical (unpaired) electrons. The molecule has 2 amide bonds. The lowest BCUT2D eigenvalue weighted by molar-refractivity contribution is -0.120. The van der Waals surface area contributed by atoms with E-state index < -0.39 is 29.1 Å². The first-order valence-corrected chi connectivity index (χ1v) is 10.5. The molecule has 4 rings (SSSR count). The van der Waals surface area contributed by atoms with Crippen molar-refractivity contribution >= 4 is 28.8 Å². The number of ether oxygens (including phenoxy) is 1. The molecule has 0 spiro atoms. The molecule has 0 aromatic heterocycles. The lowest BCUT2D eigenvalue weighted by Gasteiger charge is -2.17. The number of amides is 2. The second kappa shape index (κ2) is 8.86. The summed E-state index contributed by atoms with van der Waals surface area (Å²) in [5.41, 5.74) is 2.58. The number of benzene rings is 3. The number of aryl methyl sites for hydroxylation is 1. The molecule has 0 saturated carbocycles. The standard InChI is InChI=1S/C26H22F2N2O3/c1-4-33-19-11-8-17(9-12-19)23-24(29-21-7-5-6-15(2)16(21)3)26(32)30(25(23)31)22-14-18(27)10-13-20(22)28/h5-14,29H,4H2,1-3H3. The van der Waals surface area contributed by atoms with E-state index in [2.05, 4.69) is 5.32 Å². The van der Waals surface area contributed by atoms with Gasteiger partial charge in [-0.05, 0) is 67.8 Å². The van der Waals surface area contributed by atoms with E-state index in [1.165, 1.54) is 0 Å². The van der Waals surface area contributed by atoms with E-state index in [-0.39, 0.29) is 11.3 Å². The molecule has 0 bridgehead atoms. The van der Waals surface area contributed by atoms with Crippen molar-refractivity contribution < 1.29 is 23.1 Å². The summed E-state index contributed by atoms with van der Waals surface area (Å²) >= 11 is 0. The number of carbonyl (C=O) groups excluding carboxylic acids is 2. The van der Waals surface area contributed by atoms with Gasteiger partial charge in [0.1, 0.15) is 23.1 Å². The van der Waals surface area contributed by atoms with E-state index in [0.29, 0.717) is 28.5 Å². The fourth-order valence-corrected chi connectivity index (χ4v) is 3.70. The van der Waals surface area contributed by atoms with Gasteiger partial charge in [-0.25, -0.2) is 13.7 Å². The topological polar surface area (TPSA) is 58.6 Å². The minimum Gasteiger partial charge on any atom is -0.494 e. The first-order chi connectivity index (χ1) is 15.8. The maximum absolute atomic E-state index is 14.5. The maximum atomic E-state index is 14.5. The van der Waals surface area contributed by atoms with Crippen LogP contribution in [-0.4, -0.2) is 18.4 Å². The van der Waals surface area contributed by atoms with Gasteiger partial charge in [0.05, 0.1) is 17.9 Å². The predicted octanol–water partition coefficient (Wildman–Crippen LogP) is 5.38. The first-order valence-electron chi connectivity index (χ1n) is 10.5. The molecule has 1 aliphatic heterocycles. The van der Waals surface area contributed by atoms with E-state index in [0.717, 1.165) is 29.3 Å². The summed E-state index contributed by atoms with van der Waals surface area (Å²) in [5.74, 6) is -2.55. The average Bonchev–Trinajstić information content (AvgIpc) is 3.03. The molecule has 33 heavy (non-hydrogen) atoms. The van der Waals surface area contributed by atoms with Crippen LogP contribution in [0.3, 0.4) is 0 Å². The van der Waals surface area contributed by atoms with E-state index in [4.69, 9.17) is 4.74 Å². The third kappa shape index (κ3) is 4.09. The van der Waals surface area contributed by atoms with Crippen LogP contribution < -0.4 is 15.0 Å². The van der Waals surface area contributed by atoms with Gasteiger partial charge in [0.25, 0.3) is 11.8 Å². The Bertz CT molecular complexity index is 1280. The molecule has 1 N–H and O–H groups in total. The van der Waals surface area contributed by atoms with Crippen molar-refractivity contribution in [3.8, 4) is 5.75 Å². The van der Waals surface area contributed by atoms with Crippen molar-refractivity contribution in [3.63, 3.8) is 0 Å². The Hall–Kier alpha value is -4.00. The van der Waals surface area contributed by atoms with Crippen molar-refractivity contribution in [2.45, 2.75) is 20.8 Å². The molecule has 0 atom stereocenters. The Kier molecular flexibility index (Phi) is 5.96. The molecule has 3 aromatic carbocycles. The lowest BCUT2D eigenvalue weighted by Crippen LogP contribution is -2.33. The smallest absolute Gasteiger partial charge is 0.282 e. The van der Waals surface area contributed by atoms with Crippen LogP contribution in [0.5, 0.6) is 5.75 Å². The zero-order valence-electron chi connectivity index (χ0n) is 18.4. The van der Waals surface area contributed by atoms with Crippen LogP contribution in [0.15, 0.2) is 66.4 Å². The first kappa shape index (κ1) is 22.2. The fraction of sp³-hybridized carbons (Fsp3) is 0.154. The summed E-state index contributed by atoms with van der Waals surface area (Å²) in [4.78, 5) is 27.5. The van der Waals surface area contributed by atoms with Crippen molar-refractivity contribution in [2.75, 3.05) is 16.8 Å². The highest BCUT2D eigenvalue weighted by Crippen LogP contribution is 2.36. The molecule has 0 aliphatic carbocycles. The Balaban J connectivity index is 1.85. The molecule has 0 unspecified atom stereocenters. The van der Waals surface area contributed by atoms with Crippen LogP contribution in [0, 0.1) is 25.5 Å². The number of nitrogens with zero attached hydrogens (tertiary/aromatic N) is 1. The summed E-state index contributed by atoms with van der Waals surface area (Å²) in [6.07, 6.45) is 0. The Morgan fingerprint density at radius 3 is 2.36 bits per heavy atom. The van der Waals surface area contributed by atoms with Crippen molar-refractivity contribution in [1.82, 2.24) is 0 Å². The number of halogens is 2. The second-order valence-corrected chi connectivity index (χ2v) is 7.62. The number of nitrogens with one attached hydrogen (secondary N) is 1. The maximum Gasteiger partial charge on any atom is 0.282 e. The SMILES string of the molecule is CCOc1ccc(C2=C(Nc3cccc(C)c3C)C(=O)N(c3cc(F)ccc3F)C2=O)cc1. The fourth-order valence-electron chi connectivity index (χ4n) is 3.70. The van der Waals surface area contributed by atoms with Gasteiger partial charge in [0.15, 0.2) is 0 Å². The number of carbonyl (C=O) groups is 2. The molecule has 0 fully saturated rings. The van der Waals surface area contributed by atoms with Gasteiger partial charge in [-0.1, -0.05) is 24.3 Å². The molecule has 168 valence electrons. The van der Waals surface area contributed by atoms with Gasteiger partial charge >= 0.3 is 0 Å². The summed E-state index contributed by atoms with van der Waals surface area (Å²) < 4.78 is 33.9. The quantitative estimate of drug-likeness (QED) is 0.515. The molecule has 0 saturated heterocycles.